The molecular weight excluding hydrogens is 310 g/mol. The number of carboxylic acids is 1. The molecule has 3 rings (SSSR count). The molecule has 122 valence electrons. The highest BCUT2D eigenvalue weighted by atomic mass is 16.5. The number of aryl methyl sites for hydroxylation is 1. The van der Waals surface area contributed by atoms with Crippen LogP contribution in [-0.2, 0) is 16.0 Å². The topological polar surface area (TPSA) is 92.7 Å². The Balaban J connectivity index is 1.73. The minimum Gasteiger partial charge on any atom is -0.478 e. The third kappa shape index (κ3) is 3.12. The van der Waals surface area contributed by atoms with Crippen LogP contribution in [0, 0.1) is 6.92 Å². The van der Waals surface area contributed by atoms with Gasteiger partial charge in [-0.1, -0.05) is 17.7 Å². The van der Waals surface area contributed by atoms with E-state index >= 15 is 0 Å². The number of anilines is 1. The van der Waals surface area contributed by atoms with Gasteiger partial charge in [0.1, 0.15) is 0 Å². The second kappa shape index (κ2) is 6.16. The summed E-state index contributed by atoms with van der Waals surface area (Å²) in [4.78, 5) is 35.2. The van der Waals surface area contributed by atoms with Crippen LogP contribution in [0.5, 0.6) is 0 Å². The lowest BCUT2D eigenvalue weighted by Crippen LogP contribution is -2.38. The number of nitrogens with one attached hydrogen (secondary N) is 1. The van der Waals surface area contributed by atoms with Crippen LogP contribution in [0.1, 0.15) is 31.8 Å². The van der Waals surface area contributed by atoms with Gasteiger partial charge in [-0.3, -0.25) is 4.79 Å². The molecule has 2 aromatic rings. The lowest BCUT2D eigenvalue weighted by Gasteiger charge is -2.24. The Bertz CT molecular complexity index is 826. The Morgan fingerprint density at radius 2 is 1.88 bits per heavy atom. The number of carbonyl (C=O) groups is 3. The number of benzene rings is 2. The molecule has 2 aromatic carbocycles. The highest BCUT2D eigenvalue weighted by Crippen LogP contribution is 2.23. The fraction of sp³-hybridized carbons (Fsp3) is 0.167. The van der Waals surface area contributed by atoms with Crippen LogP contribution in [0.15, 0.2) is 42.5 Å². The molecule has 1 amide bonds. The van der Waals surface area contributed by atoms with E-state index in [0.29, 0.717) is 17.7 Å². The van der Waals surface area contributed by atoms with Gasteiger partial charge in [-0.2, -0.15) is 0 Å². The summed E-state index contributed by atoms with van der Waals surface area (Å²) in [6.07, 6.45) is -0.604. The predicted molar refractivity (Wildman–Crippen MR) is 86.1 cm³/mol. The van der Waals surface area contributed by atoms with E-state index in [0.717, 1.165) is 11.1 Å². The molecule has 6 heteroatoms. The predicted octanol–water partition coefficient (Wildman–Crippen LogP) is 2.41. The molecule has 0 bridgehead atoms. The van der Waals surface area contributed by atoms with Gasteiger partial charge < -0.3 is 15.2 Å². The molecule has 0 radical (unpaired) electrons. The second-order valence-electron chi connectivity index (χ2n) is 5.63. The molecule has 1 heterocycles. The summed E-state index contributed by atoms with van der Waals surface area (Å²) < 4.78 is 5.22. The third-order valence-corrected chi connectivity index (χ3v) is 3.83. The van der Waals surface area contributed by atoms with Crippen molar-refractivity contribution in [2.75, 3.05) is 5.32 Å². The van der Waals surface area contributed by atoms with Crippen molar-refractivity contribution in [2.24, 2.45) is 0 Å². The van der Waals surface area contributed by atoms with E-state index in [4.69, 9.17) is 9.84 Å². The Kier molecular flexibility index (Phi) is 4.04. The summed E-state index contributed by atoms with van der Waals surface area (Å²) in [7, 11) is 0. The molecule has 24 heavy (non-hydrogen) atoms. The fourth-order valence-electron chi connectivity index (χ4n) is 2.56. The molecule has 1 atom stereocenters. The Hall–Kier alpha value is -3.15. The van der Waals surface area contributed by atoms with Crippen molar-refractivity contribution in [3.63, 3.8) is 0 Å². The van der Waals surface area contributed by atoms with E-state index < -0.39 is 23.9 Å². The number of ether oxygens (including phenoxy) is 1. The minimum atomic E-state index is -1.04. The van der Waals surface area contributed by atoms with Gasteiger partial charge in [-0.15, -0.1) is 0 Å². The van der Waals surface area contributed by atoms with Crippen LogP contribution in [0.2, 0.25) is 0 Å². The van der Waals surface area contributed by atoms with Crippen molar-refractivity contribution in [3.8, 4) is 0 Å². The maximum Gasteiger partial charge on any atom is 0.339 e. The first-order chi connectivity index (χ1) is 11.4. The largest absolute Gasteiger partial charge is 0.478 e. The molecule has 0 fully saturated rings. The summed E-state index contributed by atoms with van der Waals surface area (Å²) >= 11 is 0. The van der Waals surface area contributed by atoms with Crippen LogP contribution in [0.4, 0.5) is 5.69 Å². The molecule has 2 N–H and O–H groups in total. The van der Waals surface area contributed by atoms with Crippen molar-refractivity contribution in [1.82, 2.24) is 0 Å². The maximum absolute atomic E-state index is 12.3. The van der Waals surface area contributed by atoms with Crippen LogP contribution < -0.4 is 5.32 Å². The maximum atomic E-state index is 12.3. The molecule has 0 unspecified atom stereocenters. The van der Waals surface area contributed by atoms with E-state index in [9.17, 15) is 14.4 Å². The Morgan fingerprint density at radius 1 is 1.17 bits per heavy atom. The van der Waals surface area contributed by atoms with Gasteiger partial charge in [0.25, 0.3) is 5.91 Å². The zero-order valence-corrected chi connectivity index (χ0v) is 12.9. The molecule has 1 aliphatic heterocycles. The normalized spacial score (nSPS) is 16.0. The highest BCUT2D eigenvalue weighted by Gasteiger charge is 2.31. The first-order valence-electron chi connectivity index (χ1n) is 7.39. The van der Waals surface area contributed by atoms with Gasteiger partial charge in [-0.25, -0.2) is 9.59 Å². The summed E-state index contributed by atoms with van der Waals surface area (Å²) in [6.45, 7) is 1.88. The van der Waals surface area contributed by atoms with Crippen LogP contribution >= 0.6 is 0 Å². The number of hydrogen-bond donors (Lipinski definition) is 2. The van der Waals surface area contributed by atoms with Gasteiger partial charge in [-0.05, 0) is 42.8 Å². The van der Waals surface area contributed by atoms with E-state index in [1.165, 1.54) is 24.3 Å². The van der Waals surface area contributed by atoms with Crippen molar-refractivity contribution in [1.29, 1.82) is 0 Å². The van der Waals surface area contributed by atoms with Crippen molar-refractivity contribution >= 4 is 23.5 Å². The summed E-state index contributed by atoms with van der Waals surface area (Å²) in [6, 6.07) is 11.2. The SMILES string of the molecule is Cc1ccc2c(c1)C(=O)O[C@H](C(=O)Nc1ccc(C(=O)O)cc1)C2. The highest BCUT2D eigenvalue weighted by molar-refractivity contribution is 6.00. The monoisotopic (exact) mass is 325 g/mol. The molecule has 0 aromatic heterocycles. The van der Waals surface area contributed by atoms with Gasteiger partial charge in [0.2, 0.25) is 0 Å². The van der Waals surface area contributed by atoms with Crippen molar-refractivity contribution < 1.29 is 24.2 Å². The number of carboxylic acid groups (broad SMARTS) is 1. The zero-order chi connectivity index (χ0) is 17.3. The van der Waals surface area contributed by atoms with Gasteiger partial charge in [0.05, 0.1) is 11.1 Å². The van der Waals surface area contributed by atoms with Crippen LogP contribution in [0.3, 0.4) is 0 Å². The minimum absolute atomic E-state index is 0.126. The average molecular weight is 325 g/mol. The first-order valence-corrected chi connectivity index (χ1v) is 7.39. The number of rotatable bonds is 3. The molecule has 0 aliphatic carbocycles. The number of hydrogen-bond acceptors (Lipinski definition) is 4. The lowest BCUT2D eigenvalue weighted by atomic mass is 9.96. The number of fused-ring (bicyclic) bond motifs is 1. The van der Waals surface area contributed by atoms with Gasteiger partial charge in [0, 0.05) is 12.1 Å². The van der Waals surface area contributed by atoms with E-state index in [1.54, 1.807) is 6.07 Å². The molecule has 6 nitrogen and oxygen atoms in total. The van der Waals surface area contributed by atoms with Crippen LogP contribution in [0.25, 0.3) is 0 Å². The first kappa shape index (κ1) is 15.7. The van der Waals surface area contributed by atoms with E-state index in [-0.39, 0.29) is 5.56 Å². The average Bonchev–Trinajstić information content (AvgIpc) is 2.55. The van der Waals surface area contributed by atoms with Gasteiger partial charge in [0.15, 0.2) is 6.10 Å². The molecule has 0 saturated heterocycles. The summed E-state index contributed by atoms with van der Waals surface area (Å²) in [5, 5.41) is 11.5. The van der Waals surface area contributed by atoms with E-state index in [2.05, 4.69) is 5.32 Å². The number of cyclic esters (lactones) is 1. The lowest BCUT2D eigenvalue weighted by molar-refractivity contribution is -0.125. The summed E-state index contributed by atoms with van der Waals surface area (Å²) in [5.74, 6) is -2.00. The fourth-order valence-corrected chi connectivity index (χ4v) is 2.56. The standard InChI is InChI=1S/C18H15NO5/c1-10-2-3-12-9-15(24-18(23)14(12)8-10)16(20)19-13-6-4-11(5-7-13)17(21)22/h2-8,15H,9H2,1H3,(H,19,20)(H,21,22)/t15-/m0/s1. The Labute approximate surface area is 138 Å². The van der Waals surface area contributed by atoms with Crippen molar-refractivity contribution in [2.45, 2.75) is 19.4 Å². The number of amides is 1. The quantitative estimate of drug-likeness (QED) is 0.845. The zero-order valence-electron chi connectivity index (χ0n) is 12.9. The van der Waals surface area contributed by atoms with Crippen LogP contribution in [-0.4, -0.2) is 29.1 Å². The van der Waals surface area contributed by atoms with Gasteiger partial charge >= 0.3 is 11.9 Å². The molecular formula is C18H15NO5. The second-order valence-corrected chi connectivity index (χ2v) is 5.63. The number of esters is 1. The number of aromatic carboxylic acids is 1. The number of carbonyl (C=O) groups excluding carboxylic acids is 2. The Morgan fingerprint density at radius 3 is 2.54 bits per heavy atom. The van der Waals surface area contributed by atoms with E-state index in [1.807, 2.05) is 19.1 Å². The van der Waals surface area contributed by atoms with Crippen molar-refractivity contribution in [3.05, 3.63) is 64.7 Å². The molecule has 0 spiro atoms. The molecule has 1 aliphatic rings. The summed E-state index contributed by atoms with van der Waals surface area (Å²) in [5.41, 5.74) is 2.78. The smallest absolute Gasteiger partial charge is 0.339 e. The third-order valence-electron chi connectivity index (χ3n) is 3.83. The molecule has 0 saturated carbocycles.